The molecule has 24 heteroatoms. The van der Waals surface area contributed by atoms with Gasteiger partial charge in [0.05, 0.1) is 44.6 Å². The number of ether oxygens (including phenoxy) is 9. The zero-order valence-corrected chi connectivity index (χ0v) is 47.4. The number of esters is 3. The summed E-state index contributed by atoms with van der Waals surface area (Å²) in [6, 6.07) is 0. The zero-order valence-electron chi connectivity index (χ0n) is 47.4. The summed E-state index contributed by atoms with van der Waals surface area (Å²) in [5.41, 5.74) is -3.68. The summed E-state index contributed by atoms with van der Waals surface area (Å²) in [6.45, 7) is 14.5. The van der Waals surface area contributed by atoms with Crippen LogP contribution in [0.5, 0.6) is 0 Å². The van der Waals surface area contributed by atoms with Crippen LogP contribution in [0, 0.1) is 50.2 Å². The van der Waals surface area contributed by atoms with E-state index in [9.17, 15) is 75.7 Å². The molecule has 4 saturated carbocycles. The van der Waals surface area contributed by atoms with Crippen LogP contribution in [0.2, 0.25) is 0 Å². The molecule has 0 aromatic heterocycles. The van der Waals surface area contributed by atoms with Gasteiger partial charge in [-0.3, -0.25) is 4.79 Å². The van der Waals surface area contributed by atoms with Gasteiger partial charge in [-0.2, -0.15) is 0 Å². The lowest BCUT2D eigenvalue weighted by Crippen LogP contribution is -2.72. The predicted molar refractivity (Wildman–Crippen MR) is 273 cm³/mol. The molecule has 0 aromatic rings. The zero-order chi connectivity index (χ0) is 59.1. The van der Waals surface area contributed by atoms with E-state index in [1.165, 1.54) is 6.92 Å². The molecule has 80 heavy (non-hydrogen) atoms. The summed E-state index contributed by atoms with van der Waals surface area (Å²) < 4.78 is 53.5. The summed E-state index contributed by atoms with van der Waals surface area (Å²) in [5, 5.41) is 134. The number of methoxy groups -OCH3 is 1. The number of aliphatic hydroxyl groups excluding tert-OH is 12. The molecule has 0 aromatic carbocycles. The Bertz CT molecular complexity index is 2310. The summed E-state index contributed by atoms with van der Waals surface area (Å²) in [7, 11) is 1.02. The Morgan fingerprint density at radius 1 is 0.700 bits per heavy atom. The number of carbonyl (C=O) groups is 3. The Kier molecular flexibility index (Phi) is 18.3. The van der Waals surface area contributed by atoms with Crippen molar-refractivity contribution in [3.05, 3.63) is 23.3 Å². The Balaban J connectivity index is 1.12. The third-order valence-electron chi connectivity index (χ3n) is 21.2. The molecule has 3 aliphatic heterocycles. The second-order valence-corrected chi connectivity index (χ2v) is 25.8. The first-order valence-corrected chi connectivity index (χ1v) is 28.1. The van der Waals surface area contributed by atoms with Gasteiger partial charge in [-0.1, -0.05) is 59.3 Å². The fourth-order valence-electron chi connectivity index (χ4n) is 16.2. The molecule has 0 amide bonds. The van der Waals surface area contributed by atoms with Crippen LogP contribution < -0.4 is 0 Å². The average molecular weight is 1150 g/mol. The number of fused-ring (bicyclic) bond motifs is 7. The summed E-state index contributed by atoms with van der Waals surface area (Å²) in [6.07, 6.45) is -25.7. The first-order chi connectivity index (χ1) is 37.4. The number of carbonyl (C=O) groups excluding carboxylic acids is 3. The van der Waals surface area contributed by atoms with Crippen LogP contribution in [0.1, 0.15) is 107 Å². The van der Waals surface area contributed by atoms with Crippen LogP contribution in [0.25, 0.3) is 0 Å². The van der Waals surface area contributed by atoms with Crippen LogP contribution in [-0.2, 0) is 57.0 Å². The quantitative estimate of drug-likeness (QED) is 0.0318. The van der Waals surface area contributed by atoms with Gasteiger partial charge in [0.25, 0.3) is 0 Å². The highest BCUT2D eigenvalue weighted by atomic mass is 16.8. The topological polar surface area (TPSA) is 377 Å². The van der Waals surface area contributed by atoms with Crippen molar-refractivity contribution in [2.75, 3.05) is 33.5 Å². The molecule has 456 valence electrons. The fourth-order valence-corrected chi connectivity index (χ4v) is 16.2. The highest BCUT2D eigenvalue weighted by molar-refractivity contribution is 5.87. The Morgan fingerprint density at radius 2 is 1.29 bits per heavy atom. The molecule has 27 atom stereocenters. The molecule has 0 spiro atoms. The maximum Gasteiger partial charge on any atom is 0.337 e. The monoisotopic (exact) mass is 1140 g/mol. The molecule has 8 aliphatic rings. The van der Waals surface area contributed by atoms with Gasteiger partial charge < -0.3 is 104 Å². The van der Waals surface area contributed by atoms with Gasteiger partial charge in [0.15, 0.2) is 25.0 Å². The van der Waals surface area contributed by atoms with Crippen molar-refractivity contribution in [2.24, 2.45) is 50.2 Å². The van der Waals surface area contributed by atoms with Gasteiger partial charge in [-0.25, -0.2) is 9.59 Å². The van der Waals surface area contributed by atoms with Crippen LogP contribution in [0.3, 0.4) is 0 Å². The van der Waals surface area contributed by atoms with Crippen molar-refractivity contribution in [3.8, 4) is 0 Å². The number of allylic oxidation sites excluding steroid dienone is 3. The molecule has 8 rings (SSSR count). The minimum absolute atomic E-state index is 0.0689. The minimum atomic E-state index is -2.09. The van der Waals surface area contributed by atoms with E-state index in [2.05, 4.69) is 26.8 Å². The molecular weight excluding hydrogens is 1060 g/mol. The van der Waals surface area contributed by atoms with E-state index in [1.54, 1.807) is 19.9 Å². The molecule has 3 saturated heterocycles. The van der Waals surface area contributed by atoms with Crippen molar-refractivity contribution in [3.63, 3.8) is 0 Å². The molecule has 0 unspecified atom stereocenters. The van der Waals surface area contributed by atoms with Gasteiger partial charge in [0.2, 0.25) is 0 Å². The Hall–Kier alpha value is -2.83. The lowest BCUT2D eigenvalue weighted by Gasteiger charge is -2.72. The highest BCUT2D eigenvalue weighted by Crippen LogP contribution is 2.76. The molecule has 24 nitrogen and oxygen atoms in total. The predicted octanol–water partition coefficient (Wildman–Crippen LogP) is -1.23. The second-order valence-electron chi connectivity index (χ2n) is 25.8. The largest absolute Gasteiger partial charge is 0.467 e. The third kappa shape index (κ3) is 10.1. The van der Waals surface area contributed by atoms with Crippen molar-refractivity contribution in [1.82, 2.24) is 0 Å². The van der Waals surface area contributed by atoms with Crippen molar-refractivity contribution in [1.29, 1.82) is 0 Å². The van der Waals surface area contributed by atoms with Crippen LogP contribution in [0.15, 0.2) is 23.3 Å². The van der Waals surface area contributed by atoms with Gasteiger partial charge in [0.1, 0.15) is 86.0 Å². The summed E-state index contributed by atoms with van der Waals surface area (Å²) >= 11 is 0. The van der Waals surface area contributed by atoms with E-state index in [0.717, 1.165) is 12.7 Å². The Morgan fingerprint density at radius 3 is 1.82 bits per heavy atom. The first kappa shape index (κ1) is 63.2. The Labute approximate surface area is 465 Å². The molecule has 12 N–H and O–H groups in total. The smallest absolute Gasteiger partial charge is 0.337 e. The second kappa shape index (κ2) is 23.2. The van der Waals surface area contributed by atoms with E-state index < -0.39 is 193 Å². The van der Waals surface area contributed by atoms with Crippen molar-refractivity contribution < 1.29 is 118 Å². The molecular formula is C56H88O24. The molecule has 7 fully saturated rings. The van der Waals surface area contributed by atoms with E-state index in [-0.39, 0.29) is 31.3 Å². The van der Waals surface area contributed by atoms with Gasteiger partial charge in [0, 0.05) is 23.3 Å². The summed E-state index contributed by atoms with van der Waals surface area (Å²) in [4.78, 5) is 39.6. The van der Waals surface area contributed by atoms with E-state index in [0.29, 0.717) is 37.7 Å². The maximum atomic E-state index is 13.7. The fraction of sp³-hybridized carbons (Fsp3) is 0.875. The molecule has 0 bridgehead atoms. The number of aliphatic hydroxyl groups is 12. The van der Waals surface area contributed by atoms with Gasteiger partial charge in [-0.05, 0) is 92.8 Å². The van der Waals surface area contributed by atoms with E-state index in [4.69, 9.17) is 42.6 Å². The third-order valence-corrected chi connectivity index (χ3v) is 21.2. The number of hydrogen-bond donors (Lipinski definition) is 12. The van der Waals surface area contributed by atoms with Crippen molar-refractivity contribution >= 4 is 17.9 Å². The maximum absolute atomic E-state index is 13.7. The van der Waals surface area contributed by atoms with Crippen LogP contribution in [0.4, 0.5) is 0 Å². The summed E-state index contributed by atoms with van der Waals surface area (Å²) in [5.74, 6) is -3.18. The van der Waals surface area contributed by atoms with E-state index in [1.807, 2.05) is 20.8 Å². The lowest BCUT2D eigenvalue weighted by atomic mass is 9.33. The number of hydrogen-bond acceptors (Lipinski definition) is 24. The van der Waals surface area contributed by atoms with E-state index >= 15 is 0 Å². The molecule has 3 heterocycles. The van der Waals surface area contributed by atoms with Gasteiger partial charge >= 0.3 is 17.9 Å². The molecule has 5 aliphatic carbocycles. The highest BCUT2D eigenvalue weighted by Gasteiger charge is 2.74. The minimum Gasteiger partial charge on any atom is -0.467 e. The van der Waals surface area contributed by atoms with Gasteiger partial charge in [-0.15, -0.1) is 0 Å². The normalized spacial score (nSPS) is 50.1. The lowest BCUT2D eigenvalue weighted by molar-refractivity contribution is -0.392. The average Bonchev–Trinajstić information content (AvgIpc) is 2.43. The molecule has 0 radical (unpaired) electrons. The number of rotatable bonds is 14. The SMILES string of the molecule is C/C=C(\C)C(=O)O[C@H]1[C@H](O)[C@]2(COC(C)=O)[C@H](O)C[C@]3(C)C(=CC[C@@H]4[C@@]5(C)CC[C@H](O[C@@H]6O[C@H](C(=O)OC)[C@@H](O[C@@H]7O[C@H](CO)[C@@H](O)[C@H](O)[C@H]7O)[C@H](O)[C@H]6O[C@@H]6O[C@H](CO)[C@@H](O)[C@H](O)[C@H]6O)[C@](C)(CO)[C@@H]5CC[C@]43C)[C@@H]2CC1(C)C. The van der Waals surface area contributed by atoms with Crippen LogP contribution >= 0.6 is 0 Å². The van der Waals surface area contributed by atoms with Crippen LogP contribution in [-0.4, -0.2) is 229 Å². The standard InChI is InChI=1S/C56H88O24/c1-11-24(2)46(70)80-45-44(69)56(23-73-25(3)60)27(18-51(45,4)5)26-12-13-31-52(6)16-15-33(53(7,22-59)30(52)14-17-54(31,8)55(26,9)19-32(56)61)76-50-42(78-49-39(67)37(65)35(63)29(21-58)75-49)40(68)41(43(79-50)47(71)72-10)77-48-38(66)36(64)34(62)28(20-57)74-48/h11-12,27-45,48-50,57-59,61-69H,13-23H2,1-10H3/b24-11+/t27-,28+,29+,30+,31+,32+,33-,34+,35+,36-,37-,38+,39+,40-,41-,42+,43-,44-,45-,48-,49-,50+,52-,53+,54+,55+,56-/m0/s1. The van der Waals surface area contributed by atoms with Crippen molar-refractivity contribution in [2.45, 2.75) is 224 Å². The first-order valence-electron chi connectivity index (χ1n) is 28.1.